The predicted octanol–water partition coefficient (Wildman–Crippen LogP) is 2.73. The highest BCUT2D eigenvalue weighted by atomic mass is 32.1. The Hall–Kier alpha value is -2.16. The third-order valence-electron chi connectivity index (χ3n) is 4.29. The number of rotatable bonds is 4. The third kappa shape index (κ3) is 3.82. The van der Waals surface area contributed by atoms with Crippen LogP contribution in [-0.2, 0) is 11.3 Å². The molecular weight excluding hydrogens is 354 g/mol. The first-order valence-corrected chi connectivity index (χ1v) is 9.48. The Morgan fingerprint density at radius 3 is 2.85 bits per heavy atom. The van der Waals surface area contributed by atoms with Crippen LogP contribution in [0.2, 0.25) is 0 Å². The van der Waals surface area contributed by atoms with E-state index < -0.39 is 0 Å². The summed E-state index contributed by atoms with van der Waals surface area (Å²) in [5.41, 5.74) is 1.47. The maximum absolute atomic E-state index is 12.4. The van der Waals surface area contributed by atoms with Crippen molar-refractivity contribution in [1.82, 2.24) is 9.88 Å². The maximum atomic E-state index is 12.4. The third-order valence-corrected chi connectivity index (χ3v) is 5.09. The lowest BCUT2D eigenvalue weighted by atomic mass is 10.2. The number of thiazole rings is 1. The number of benzene rings is 1. The average molecular weight is 375 g/mol. The molecule has 1 saturated heterocycles. The summed E-state index contributed by atoms with van der Waals surface area (Å²) in [6.45, 7) is 6.90. The van der Waals surface area contributed by atoms with E-state index in [0.29, 0.717) is 22.2 Å². The number of amides is 1. The van der Waals surface area contributed by atoms with E-state index in [-0.39, 0.29) is 24.9 Å². The van der Waals surface area contributed by atoms with Gasteiger partial charge in [-0.2, -0.15) is 0 Å². The van der Waals surface area contributed by atoms with Crippen molar-refractivity contribution in [1.29, 1.82) is 0 Å². The first-order valence-electron chi connectivity index (χ1n) is 8.60. The molecule has 0 saturated carbocycles. The van der Waals surface area contributed by atoms with Crippen molar-refractivity contribution in [3.63, 3.8) is 0 Å². The second-order valence-corrected chi connectivity index (χ2v) is 7.48. The summed E-state index contributed by atoms with van der Waals surface area (Å²) in [5.74, 6) is 1.04. The van der Waals surface area contributed by atoms with Gasteiger partial charge in [-0.1, -0.05) is 0 Å². The van der Waals surface area contributed by atoms with Gasteiger partial charge in [0.2, 0.25) is 6.79 Å². The van der Waals surface area contributed by atoms with Gasteiger partial charge >= 0.3 is 0 Å². The molecule has 3 heterocycles. The van der Waals surface area contributed by atoms with Crippen molar-refractivity contribution in [3.8, 4) is 11.5 Å². The van der Waals surface area contributed by atoms with Gasteiger partial charge in [0.1, 0.15) is 0 Å². The Bertz CT molecular complexity index is 799. The molecule has 1 aromatic heterocycles. The van der Waals surface area contributed by atoms with Crippen molar-refractivity contribution in [2.45, 2.75) is 32.6 Å². The molecule has 2 aromatic rings. The summed E-state index contributed by atoms with van der Waals surface area (Å²) >= 11 is 1.43. The molecule has 0 radical (unpaired) electrons. The second-order valence-electron chi connectivity index (χ2n) is 6.62. The van der Waals surface area contributed by atoms with Crippen LogP contribution in [-0.4, -0.2) is 47.9 Å². The predicted molar refractivity (Wildman–Crippen MR) is 97.9 cm³/mol. The van der Waals surface area contributed by atoms with Gasteiger partial charge in [-0.3, -0.25) is 15.0 Å². The van der Waals surface area contributed by atoms with Crippen LogP contribution in [0.25, 0.3) is 0 Å². The number of morpholine rings is 1. The average Bonchev–Trinajstić information content (AvgIpc) is 3.22. The molecule has 1 N–H and O–H groups in total. The molecule has 2 atom stereocenters. The topological polar surface area (TPSA) is 72.9 Å². The zero-order valence-corrected chi connectivity index (χ0v) is 15.5. The van der Waals surface area contributed by atoms with Crippen molar-refractivity contribution >= 4 is 22.4 Å². The Morgan fingerprint density at radius 2 is 2.04 bits per heavy atom. The van der Waals surface area contributed by atoms with Crippen LogP contribution in [0.4, 0.5) is 5.13 Å². The highest BCUT2D eigenvalue weighted by Crippen LogP contribution is 2.32. The van der Waals surface area contributed by atoms with Crippen molar-refractivity contribution in [3.05, 3.63) is 34.8 Å². The lowest BCUT2D eigenvalue weighted by Gasteiger charge is -2.34. The molecule has 7 nitrogen and oxygen atoms in total. The number of ether oxygens (including phenoxy) is 3. The number of hydrogen-bond acceptors (Lipinski definition) is 7. The minimum atomic E-state index is -0.210. The van der Waals surface area contributed by atoms with Crippen molar-refractivity contribution in [2.75, 3.05) is 25.2 Å². The molecule has 0 spiro atoms. The molecule has 4 rings (SSSR count). The first-order chi connectivity index (χ1) is 12.6. The minimum absolute atomic E-state index is 0.190. The Kier molecular flexibility index (Phi) is 4.80. The van der Waals surface area contributed by atoms with Gasteiger partial charge < -0.3 is 14.2 Å². The SMILES string of the molecule is C[C@@H]1CN(Cc2csc(NC(=O)c3ccc4c(c3)OCO4)n2)C[C@H](C)O1. The molecular formula is C18H21N3O4S. The van der Waals surface area contributed by atoms with E-state index in [0.717, 1.165) is 25.3 Å². The van der Waals surface area contributed by atoms with E-state index in [4.69, 9.17) is 14.2 Å². The molecule has 138 valence electrons. The van der Waals surface area contributed by atoms with Crippen LogP contribution in [0.3, 0.4) is 0 Å². The number of anilines is 1. The smallest absolute Gasteiger partial charge is 0.257 e. The monoisotopic (exact) mass is 375 g/mol. The fourth-order valence-corrected chi connectivity index (χ4v) is 3.98. The van der Waals surface area contributed by atoms with Gasteiger partial charge in [-0.05, 0) is 32.0 Å². The number of carbonyl (C=O) groups is 1. The molecule has 1 amide bonds. The number of fused-ring (bicyclic) bond motifs is 1. The summed E-state index contributed by atoms with van der Waals surface area (Å²) in [6, 6.07) is 5.14. The minimum Gasteiger partial charge on any atom is -0.454 e. The standard InChI is InChI=1S/C18H21N3O4S/c1-11-6-21(7-12(2)25-11)8-14-9-26-18(19-14)20-17(22)13-3-4-15-16(5-13)24-10-23-15/h3-5,9,11-12H,6-8,10H2,1-2H3,(H,19,20,22)/t11-,12+. The van der Waals surface area contributed by atoms with Gasteiger partial charge in [0.15, 0.2) is 16.6 Å². The van der Waals surface area contributed by atoms with Gasteiger partial charge in [0.05, 0.1) is 17.9 Å². The van der Waals surface area contributed by atoms with Gasteiger partial charge in [0, 0.05) is 30.6 Å². The van der Waals surface area contributed by atoms with Gasteiger partial charge in [0.25, 0.3) is 5.91 Å². The summed E-state index contributed by atoms with van der Waals surface area (Å²) in [7, 11) is 0. The van der Waals surface area contributed by atoms with E-state index in [1.54, 1.807) is 18.2 Å². The van der Waals surface area contributed by atoms with Crippen LogP contribution < -0.4 is 14.8 Å². The van der Waals surface area contributed by atoms with Crippen molar-refractivity contribution in [2.24, 2.45) is 0 Å². The molecule has 1 fully saturated rings. The van der Waals surface area contributed by atoms with E-state index in [1.807, 2.05) is 5.38 Å². The van der Waals surface area contributed by atoms with E-state index in [9.17, 15) is 4.79 Å². The quantitative estimate of drug-likeness (QED) is 0.886. The molecule has 0 bridgehead atoms. The van der Waals surface area contributed by atoms with E-state index in [1.165, 1.54) is 11.3 Å². The molecule has 1 aromatic carbocycles. The lowest BCUT2D eigenvalue weighted by molar-refractivity contribution is -0.0707. The Balaban J connectivity index is 1.38. The van der Waals surface area contributed by atoms with Crippen molar-refractivity contribution < 1.29 is 19.0 Å². The number of nitrogens with one attached hydrogen (secondary N) is 1. The number of nitrogens with zero attached hydrogens (tertiary/aromatic N) is 2. The lowest BCUT2D eigenvalue weighted by Crippen LogP contribution is -2.44. The maximum Gasteiger partial charge on any atom is 0.257 e. The van der Waals surface area contributed by atoms with E-state index >= 15 is 0 Å². The van der Waals surface area contributed by atoms with Crippen LogP contribution in [0.15, 0.2) is 23.6 Å². The fraction of sp³-hybridized carbons (Fsp3) is 0.444. The van der Waals surface area contributed by atoms with Crippen LogP contribution in [0, 0.1) is 0 Å². The molecule has 26 heavy (non-hydrogen) atoms. The van der Waals surface area contributed by atoms with Gasteiger partial charge in [-0.25, -0.2) is 4.98 Å². The number of carbonyl (C=O) groups excluding carboxylic acids is 1. The van der Waals surface area contributed by atoms with E-state index in [2.05, 4.69) is 29.0 Å². The first kappa shape index (κ1) is 17.3. The largest absolute Gasteiger partial charge is 0.454 e. The summed E-state index contributed by atoms with van der Waals surface area (Å²) in [6.07, 6.45) is 0.449. The summed E-state index contributed by atoms with van der Waals surface area (Å²) in [5, 5.41) is 5.43. The Morgan fingerprint density at radius 1 is 1.27 bits per heavy atom. The van der Waals surface area contributed by atoms with Gasteiger partial charge in [-0.15, -0.1) is 11.3 Å². The number of hydrogen-bond donors (Lipinski definition) is 1. The highest BCUT2D eigenvalue weighted by Gasteiger charge is 2.23. The normalized spacial score (nSPS) is 22.4. The molecule has 2 aliphatic heterocycles. The molecule has 8 heteroatoms. The fourth-order valence-electron chi connectivity index (χ4n) is 3.29. The van der Waals surface area contributed by atoms with Crippen LogP contribution in [0.1, 0.15) is 29.9 Å². The zero-order chi connectivity index (χ0) is 18.1. The highest BCUT2D eigenvalue weighted by molar-refractivity contribution is 7.13. The summed E-state index contributed by atoms with van der Waals surface area (Å²) in [4.78, 5) is 19.3. The van der Waals surface area contributed by atoms with Crippen LogP contribution >= 0.6 is 11.3 Å². The second kappa shape index (κ2) is 7.22. The molecule has 0 aliphatic carbocycles. The van der Waals surface area contributed by atoms with Crippen LogP contribution in [0.5, 0.6) is 11.5 Å². The Labute approximate surface area is 155 Å². The number of aromatic nitrogens is 1. The molecule has 0 unspecified atom stereocenters. The molecule has 2 aliphatic rings. The zero-order valence-electron chi connectivity index (χ0n) is 14.7. The summed E-state index contributed by atoms with van der Waals surface area (Å²) < 4.78 is 16.3.